The van der Waals surface area contributed by atoms with Gasteiger partial charge in [0.05, 0.1) is 5.97 Å². The van der Waals surface area contributed by atoms with Crippen molar-refractivity contribution < 1.29 is 19.8 Å². The second kappa shape index (κ2) is 45.1. The Balaban J connectivity index is -0.000000342. The number of carbonyl (C=O) groups is 2. The molecule has 0 aliphatic rings. The first-order chi connectivity index (χ1) is 21.3. The minimum Gasteiger partial charge on any atom is -0.550 e. The molecule has 0 saturated heterocycles. The van der Waals surface area contributed by atoms with E-state index in [0.29, 0.717) is 0 Å². The van der Waals surface area contributed by atoms with Gasteiger partial charge in [-0.25, -0.2) is 0 Å². The van der Waals surface area contributed by atoms with Gasteiger partial charge >= 0.3 is 23.9 Å². The summed E-state index contributed by atoms with van der Waals surface area (Å²) in [6.07, 6.45) is 32.7. The molecule has 0 fully saturated rings. The average Bonchev–Trinajstić information content (AvgIpc) is 3.04. The Hall–Kier alpha value is -1.04. The first-order valence-electron chi connectivity index (χ1n) is 18.4. The summed E-state index contributed by atoms with van der Waals surface area (Å²) in [7, 11) is 0. The Morgan fingerprint density at radius 1 is 0.511 bits per heavy atom. The molecule has 0 atom stereocenters. The van der Waals surface area contributed by atoms with Crippen LogP contribution in [-0.4, -0.2) is 35.8 Å². The molecule has 0 amide bonds. The molecule has 45 heavy (non-hydrogen) atoms. The molecule has 0 aliphatic heterocycles. The molecule has 0 unspecified atom stereocenters. The Morgan fingerprint density at radius 3 is 1.02 bits per heavy atom. The predicted octanol–water partition coefficient (Wildman–Crippen LogP) is 10.4. The standard InChI is InChI=1S/C23H46O2.C9H10O2.2C4H9.Sn/c1-2-3-4-5-6-7-8-9-10-11-12-13-14-15-16-17-18-19-20-21-22-23(24)25;1-2-7-3-5-8(6-4-7)9(10)11;2*1-3-4-2;/h2-22H2,1H3,(H,24,25);3-6H,2H2,1H3,(H,10,11);2*1,3-4H2,2H3;/q;;;;+2/p-2. The summed E-state index contributed by atoms with van der Waals surface area (Å²) in [5, 5.41) is 20.6. The molecule has 1 aromatic rings. The van der Waals surface area contributed by atoms with Gasteiger partial charge in [-0.1, -0.05) is 213 Å². The number of hydrogen-bond acceptors (Lipinski definition) is 4. The monoisotopic (exact) mass is 736 g/mol. The normalized spacial score (nSPS) is 9.82. The van der Waals surface area contributed by atoms with Crippen molar-refractivity contribution in [1.29, 1.82) is 0 Å². The smallest absolute Gasteiger partial charge is 0.550 e. The first kappa shape index (κ1) is 50.8. The van der Waals surface area contributed by atoms with E-state index in [-0.39, 0.29) is 35.9 Å². The van der Waals surface area contributed by atoms with Crippen LogP contribution < -0.4 is 10.2 Å². The number of carboxylic acid groups (broad SMARTS) is 2. The van der Waals surface area contributed by atoms with Crippen LogP contribution >= 0.6 is 0 Å². The minimum absolute atomic E-state index is 0. The van der Waals surface area contributed by atoms with Gasteiger partial charge in [0.25, 0.3) is 0 Å². The summed E-state index contributed by atoms with van der Waals surface area (Å²) in [4.78, 5) is 20.6. The maximum atomic E-state index is 10.3. The Kier molecular flexibility index (Phi) is 50.9. The van der Waals surface area contributed by atoms with Crippen molar-refractivity contribution in [3.63, 3.8) is 0 Å². The van der Waals surface area contributed by atoms with Crippen LogP contribution in [-0.2, 0) is 11.2 Å². The molecule has 5 heteroatoms. The van der Waals surface area contributed by atoms with E-state index in [2.05, 4.69) is 34.6 Å². The number of aliphatic carboxylic acids is 1. The van der Waals surface area contributed by atoms with Gasteiger partial charge in [-0.3, -0.25) is 0 Å². The number of carboxylic acids is 2. The van der Waals surface area contributed by atoms with E-state index in [1.54, 1.807) is 24.3 Å². The van der Waals surface area contributed by atoms with Crippen molar-refractivity contribution in [2.24, 2.45) is 0 Å². The van der Waals surface area contributed by atoms with Crippen molar-refractivity contribution in [3.8, 4) is 0 Å². The van der Waals surface area contributed by atoms with Crippen LogP contribution in [0.15, 0.2) is 24.3 Å². The molecule has 0 aromatic heterocycles. The van der Waals surface area contributed by atoms with Crippen LogP contribution in [0.5, 0.6) is 0 Å². The number of carbonyl (C=O) groups excluding carboxylic acids is 2. The van der Waals surface area contributed by atoms with Gasteiger partial charge < -0.3 is 19.8 Å². The molecule has 0 bridgehead atoms. The van der Waals surface area contributed by atoms with Crippen LogP contribution in [0.1, 0.15) is 204 Å². The van der Waals surface area contributed by atoms with Gasteiger partial charge in [-0.15, -0.1) is 0 Å². The van der Waals surface area contributed by atoms with E-state index in [9.17, 15) is 19.8 Å². The van der Waals surface area contributed by atoms with Crippen molar-refractivity contribution in [2.75, 3.05) is 0 Å². The average molecular weight is 736 g/mol. The van der Waals surface area contributed by atoms with E-state index in [4.69, 9.17) is 0 Å². The third-order valence-electron chi connectivity index (χ3n) is 7.54. The van der Waals surface area contributed by atoms with Crippen LogP contribution in [0.2, 0.25) is 0 Å². The van der Waals surface area contributed by atoms with Crippen LogP contribution in [0.3, 0.4) is 0 Å². The summed E-state index contributed by atoms with van der Waals surface area (Å²) >= 11 is 0. The third-order valence-corrected chi connectivity index (χ3v) is 7.54. The summed E-state index contributed by atoms with van der Waals surface area (Å²) in [6, 6.07) is 6.72. The number of aryl methyl sites for hydroxylation is 1. The SMILES string of the molecule is CCCCCCCCCCCCCCCCCCCCCCC(=O)[O-].CCc1ccc(C(=O)[O-])cc1.[CH2]CCC.[CH2]CCC.[Sn+2]. The topological polar surface area (TPSA) is 80.3 Å². The fraction of sp³-hybridized carbons (Fsp3) is 0.750. The van der Waals surface area contributed by atoms with Gasteiger partial charge in [0.15, 0.2) is 0 Å². The quantitative estimate of drug-likeness (QED) is 0.0740. The zero-order chi connectivity index (χ0) is 33.5. The summed E-state index contributed by atoms with van der Waals surface area (Å²) in [5.41, 5.74) is 1.37. The summed E-state index contributed by atoms with van der Waals surface area (Å²) in [6.45, 7) is 15.7. The zero-order valence-corrected chi connectivity index (χ0v) is 33.1. The molecular formula is C40H72O4Sn. The largest absolute Gasteiger partial charge is 2.00 e. The van der Waals surface area contributed by atoms with E-state index in [0.717, 1.165) is 37.7 Å². The number of unbranched alkanes of at least 4 members (excludes halogenated alkanes) is 21. The molecule has 4 nitrogen and oxygen atoms in total. The fourth-order valence-corrected chi connectivity index (χ4v) is 4.40. The molecule has 260 valence electrons. The number of benzene rings is 1. The molecular weight excluding hydrogens is 663 g/mol. The van der Waals surface area contributed by atoms with E-state index in [1.807, 2.05) is 6.92 Å². The van der Waals surface area contributed by atoms with E-state index < -0.39 is 11.9 Å². The fourth-order valence-electron chi connectivity index (χ4n) is 4.40. The van der Waals surface area contributed by atoms with Crippen molar-refractivity contribution >= 4 is 35.8 Å². The van der Waals surface area contributed by atoms with Crippen molar-refractivity contribution in [1.82, 2.24) is 0 Å². The van der Waals surface area contributed by atoms with Gasteiger partial charge in [-0.2, -0.15) is 0 Å². The summed E-state index contributed by atoms with van der Waals surface area (Å²) < 4.78 is 0. The molecule has 4 radical (unpaired) electrons. The van der Waals surface area contributed by atoms with Crippen LogP contribution in [0, 0.1) is 13.8 Å². The molecule has 0 N–H and O–H groups in total. The third kappa shape index (κ3) is 47.5. The number of aromatic carboxylic acids is 1. The molecule has 1 aromatic carbocycles. The van der Waals surface area contributed by atoms with Crippen LogP contribution in [0.4, 0.5) is 0 Å². The molecule has 0 spiro atoms. The van der Waals surface area contributed by atoms with Gasteiger partial charge in [-0.05, 0) is 30.4 Å². The number of hydrogen-bond donors (Lipinski definition) is 0. The second-order valence-corrected chi connectivity index (χ2v) is 11.9. The van der Waals surface area contributed by atoms with Gasteiger partial charge in [0.1, 0.15) is 0 Å². The van der Waals surface area contributed by atoms with Crippen molar-refractivity contribution in [3.05, 3.63) is 49.2 Å². The Labute approximate surface area is 298 Å². The van der Waals surface area contributed by atoms with E-state index >= 15 is 0 Å². The van der Waals surface area contributed by atoms with Gasteiger partial charge in [0, 0.05) is 5.97 Å². The summed E-state index contributed by atoms with van der Waals surface area (Å²) in [5.74, 6) is -2.02. The number of rotatable bonds is 25. The Bertz CT molecular complexity index is 682. The molecule has 1 rings (SSSR count). The van der Waals surface area contributed by atoms with Gasteiger partial charge in [0.2, 0.25) is 0 Å². The van der Waals surface area contributed by atoms with Crippen molar-refractivity contribution in [2.45, 2.75) is 195 Å². The zero-order valence-electron chi connectivity index (χ0n) is 30.2. The molecule has 0 aliphatic carbocycles. The first-order valence-corrected chi connectivity index (χ1v) is 18.4. The maximum absolute atomic E-state index is 10.3. The molecule has 0 heterocycles. The second-order valence-electron chi connectivity index (χ2n) is 11.9. The Morgan fingerprint density at radius 2 is 0.800 bits per heavy atom. The predicted molar refractivity (Wildman–Crippen MR) is 194 cm³/mol. The molecule has 0 saturated carbocycles. The van der Waals surface area contributed by atoms with E-state index in [1.165, 1.54) is 128 Å². The van der Waals surface area contributed by atoms with Crippen LogP contribution in [0.25, 0.3) is 0 Å². The maximum Gasteiger partial charge on any atom is 2.00 e. The minimum atomic E-state index is -1.12.